The van der Waals surface area contributed by atoms with E-state index in [1.165, 1.54) is 12.1 Å². The molecule has 2 N–H and O–H groups in total. The van der Waals surface area contributed by atoms with Crippen LogP contribution in [0.4, 0.5) is 10.1 Å². The summed E-state index contributed by atoms with van der Waals surface area (Å²) in [7, 11) is 0. The smallest absolute Gasteiger partial charge is 0.303 e. The minimum atomic E-state index is -0.891. The van der Waals surface area contributed by atoms with Crippen LogP contribution in [0.2, 0.25) is 10.0 Å². The number of nitrogens with one attached hydrogen (secondary N) is 1. The maximum absolute atomic E-state index is 13.1. The number of hydrogen-bond acceptors (Lipinski definition) is 2. The predicted molar refractivity (Wildman–Crippen MR) is 71.2 cm³/mol. The standard InChI is InChI=1S/C12H12Cl2FNO3/c13-8-5-7(6-9(14)12(8)15)16-10(17)3-1-2-4-11(18)19/h5-6H,1-4H2,(H,16,17)(H,18,19). The summed E-state index contributed by atoms with van der Waals surface area (Å²) in [6.45, 7) is 0. The summed E-state index contributed by atoms with van der Waals surface area (Å²) in [4.78, 5) is 21.8. The average molecular weight is 308 g/mol. The first-order valence-electron chi connectivity index (χ1n) is 5.56. The van der Waals surface area contributed by atoms with Crippen LogP contribution in [0.5, 0.6) is 0 Å². The first-order valence-corrected chi connectivity index (χ1v) is 6.32. The van der Waals surface area contributed by atoms with E-state index < -0.39 is 11.8 Å². The molecule has 0 saturated heterocycles. The van der Waals surface area contributed by atoms with Gasteiger partial charge in [-0.2, -0.15) is 0 Å². The molecule has 1 aromatic rings. The monoisotopic (exact) mass is 307 g/mol. The molecule has 0 saturated carbocycles. The second-order valence-electron chi connectivity index (χ2n) is 3.90. The van der Waals surface area contributed by atoms with Gasteiger partial charge in [-0.15, -0.1) is 0 Å². The highest BCUT2D eigenvalue weighted by atomic mass is 35.5. The van der Waals surface area contributed by atoms with Crippen LogP contribution in [0.25, 0.3) is 0 Å². The highest BCUT2D eigenvalue weighted by Gasteiger charge is 2.09. The Morgan fingerprint density at radius 2 is 1.68 bits per heavy atom. The fourth-order valence-corrected chi connectivity index (χ4v) is 1.90. The zero-order chi connectivity index (χ0) is 14.4. The minimum Gasteiger partial charge on any atom is -0.481 e. The minimum absolute atomic E-state index is 0.0293. The van der Waals surface area contributed by atoms with Crippen LogP contribution in [0.3, 0.4) is 0 Å². The van der Waals surface area contributed by atoms with E-state index in [0.29, 0.717) is 18.5 Å². The Labute approximate surface area is 119 Å². The van der Waals surface area contributed by atoms with Crippen molar-refractivity contribution in [2.45, 2.75) is 25.7 Å². The molecule has 1 rings (SSSR count). The molecular formula is C12H12Cl2FNO3. The lowest BCUT2D eigenvalue weighted by atomic mass is 10.2. The normalized spacial score (nSPS) is 10.3. The second-order valence-corrected chi connectivity index (χ2v) is 4.72. The third-order valence-corrected chi connectivity index (χ3v) is 2.86. The molecule has 0 aliphatic carbocycles. The van der Waals surface area contributed by atoms with E-state index in [9.17, 15) is 14.0 Å². The van der Waals surface area contributed by atoms with Gasteiger partial charge in [0.25, 0.3) is 0 Å². The van der Waals surface area contributed by atoms with Gasteiger partial charge in [0, 0.05) is 18.5 Å². The molecule has 19 heavy (non-hydrogen) atoms. The molecule has 0 fully saturated rings. The van der Waals surface area contributed by atoms with E-state index in [1.807, 2.05) is 0 Å². The van der Waals surface area contributed by atoms with E-state index in [0.717, 1.165) is 0 Å². The van der Waals surface area contributed by atoms with Gasteiger partial charge >= 0.3 is 5.97 Å². The molecule has 0 aromatic heterocycles. The van der Waals surface area contributed by atoms with Crippen molar-refractivity contribution in [1.82, 2.24) is 0 Å². The Hall–Kier alpha value is -1.33. The van der Waals surface area contributed by atoms with Crippen LogP contribution >= 0.6 is 23.2 Å². The number of halogens is 3. The highest BCUT2D eigenvalue weighted by Crippen LogP contribution is 2.27. The lowest BCUT2D eigenvalue weighted by Crippen LogP contribution is -2.11. The average Bonchev–Trinajstić information content (AvgIpc) is 2.31. The van der Waals surface area contributed by atoms with Crippen molar-refractivity contribution >= 4 is 40.8 Å². The van der Waals surface area contributed by atoms with Crippen molar-refractivity contribution in [2.75, 3.05) is 5.32 Å². The Kier molecular flexibility index (Phi) is 6.05. The van der Waals surface area contributed by atoms with Crippen LogP contribution in [-0.2, 0) is 9.59 Å². The molecule has 0 bridgehead atoms. The third-order valence-electron chi connectivity index (χ3n) is 2.31. The summed E-state index contributed by atoms with van der Waals surface area (Å²) in [5.74, 6) is -1.93. The van der Waals surface area contributed by atoms with Crippen LogP contribution in [0, 0.1) is 5.82 Å². The fourth-order valence-electron chi connectivity index (χ4n) is 1.41. The molecular weight excluding hydrogens is 296 g/mol. The summed E-state index contributed by atoms with van der Waals surface area (Å²) >= 11 is 11.2. The predicted octanol–water partition coefficient (Wildman–Crippen LogP) is 3.72. The molecule has 0 aliphatic rings. The summed E-state index contributed by atoms with van der Waals surface area (Å²) in [5.41, 5.74) is 0.305. The summed E-state index contributed by atoms with van der Waals surface area (Å²) in [5, 5.41) is 10.6. The number of anilines is 1. The van der Waals surface area contributed by atoms with Crippen LogP contribution < -0.4 is 5.32 Å². The molecule has 7 heteroatoms. The topological polar surface area (TPSA) is 66.4 Å². The molecule has 4 nitrogen and oxygen atoms in total. The van der Waals surface area contributed by atoms with Crippen molar-refractivity contribution in [2.24, 2.45) is 0 Å². The number of aliphatic carboxylic acids is 1. The first-order chi connectivity index (χ1) is 8.90. The van der Waals surface area contributed by atoms with Gasteiger partial charge in [-0.1, -0.05) is 23.2 Å². The molecule has 0 heterocycles. The maximum atomic E-state index is 13.1. The first kappa shape index (κ1) is 15.7. The quantitative estimate of drug-likeness (QED) is 0.622. The molecule has 104 valence electrons. The molecule has 1 amide bonds. The second kappa shape index (κ2) is 7.31. The van der Waals surface area contributed by atoms with E-state index in [1.54, 1.807) is 0 Å². The van der Waals surface area contributed by atoms with Gasteiger partial charge in [-0.3, -0.25) is 9.59 Å². The van der Waals surface area contributed by atoms with Gasteiger partial charge < -0.3 is 10.4 Å². The van der Waals surface area contributed by atoms with Crippen molar-refractivity contribution in [3.05, 3.63) is 28.0 Å². The number of benzene rings is 1. The maximum Gasteiger partial charge on any atom is 0.303 e. The number of amides is 1. The lowest BCUT2D eigenvalue weighted by Gasteiger charge is -2.07. The third kappa shape index (κ3) is 5.44. The Morgan fingerprint density at radius 1 is 1.16 bits per heavy atom. The molecule has 0 aliphatic heterocycles. The van der Waals surface area contributed by atoms with E-state index in [4.69, 9.17) is 28.3 Å². The number of unbranched alkanes of at least 4 members (excludes halogenated alkanes) is 1. The number of carbonyl (C=O) groups is 2. The van der Waals surface area contributed by atoms with Crippen molar-refractivity contribution in [3.8, 4) is 0 Å². The van der Waals surface area contributed by atoms with Crippen LogP contribution in [-0.4, -0.2) is 17.0 Å². The number of carboxylic acid groups (broad SMARTS) is 1. The highest BCUT2D eigenvalue weighted by molar-refractivity contribution is 6.35. The summed E-state index contributed by atoms with van der Waals surface area (Å²) in [6, 6.07) is 2.52. The molecule has 0 unspecified atom stereocenters. The largest absolute Gasteiger partial charge is 0.481 e. The Bertz CT molecular complexity index is 471. The van der Waals surface area contributed by atoms with Gasteiger partial charge in [0.15, 0.2) is 5.82 Å². The summed E-state index contributed by atoms with van der Waals surface area (Å²) < 4.78 is 13.1. The van der Waals surface area contributed by atoms with Crippen molar-refractivity contribution < 1.29 is 19.1 Å². The van der Waals surface area contributed by atoms with E-state index >= 15 is 0 Å². The summed E-state index contributed by atoms with van der Waals surface area (Å²) in [6.07, 6.45) is 1.09. The zero-order valence-electron chi connectivity index (χ0n) is 9.88. The fraction of sp³-hybridized carbons (Fsp3) is 0.333. The van der Waals surface area contributed by atoms with Crippen LogP contribution in [0.15, 0.2) is 12.1 Å². The number of hydrogen-bond donors (Lipinski definition) is 2. The molecule has 1 aromatic carbocycles. The van der Waals surface area contributed by atoms with E-state index in [2.05, 4.69) is 5.32 Å². The van der Waals surface area contributed by atoms with Crippen LogP contribution in [0.1, 0.15) is 25.7 Å². The zero-order valence-corrected chi connectivity index (χ0v) is 11.4. The number of carboxylic acids is 1. The van der Waals surface area contributed by atoms with Gasteiger partial charge in [0.2, 0.25) is 5.91 Å². The Balaban J connectivity index is 2.46. The number of carbonyl (C=O) groups excluding carboxylic acids is 1. The molecule has 0 radical (unpaired) electrons. The van der Waals surface area contributed by atoms with Crippen molar-refractivity contribution in [3.63, 3.8) is 0 Å². The SMILES string of the molecule is O=C(O)CCCCC(=O)Nc1cc(Cl)c(F)c(Cl)c1. The number of rotatable bonds is 6. The van der Waals surface area contributed by atoms with Gasteiger partial charge in [0.1, 0.15) is 0 Å². The van der Waals surface area contributed by atoms with Gasteiger partial charge in [0.05, 0.1) is 10.0 Å². The lowest BCUT2D eigenvalue weighted by molar-refractivity contribution is -0.137. The Morgan fingerprint density at radius 3 is 2.21 bits per heavy atom. The van der Waals surface area contributed by atoms with E-state index in [-0.39, 0.29) is 28.8 Å². The van der Waals surface area contributed by atoms with Gasteiger partial charge in [-0.05, 0) is 25.0 Å². The van der Waals surface area contributed by atoms with Gasteiger partial charge in [-0.25, -0.2) is 4.39 Å². The van der Waals surface area contributed by atoms with Crippen molar-refractivity contribution in [1.29, 1.82) is 0 Å². The molecule has 0 atom stereocenters. The molecule has 0 spiro atoms.